The molecule has 9 heavy (non-hydrogen) atoms. The first-order valence-electron chi connectivity index (χ1n) is 3.50. The molecule has 0 aromatic carbocycles. The van der Waals surface area contributed by atoms with Crippen molar-refractivity contribution in [3.8, 4) is 0 Å². The van der Waals surface area contributed by atoms with Crippen molar-refractivity contribution < 1.29 is 18.9 Å². The molecule has 0 spiro atoms. The largest absolute Gasteiger partial charge is 0.480 e. The molecule has 0 aliphatic rings. The number of carbonyl (C=O) groups excluding carboxylic acids is 1. The minimum absolute atomic E-state index is 0.375. The predicted molar refractivity (Wildman–Crippen MR) is 29.4 cm³/mol. The van der Waals surface area contributed by atoms with E-state index in [4.69, 9.17) is 9.30 Å². The molecule has 0 bridgehead atoms. The first-order chi connectivity index (χ1) is 5.30. The fraction of sp³-hybridized carbons (Fsp3) is 0.500. The number of primary amides is 1. The van der Waals surface area contributed by atoms with Gasteiger partial charge >= 0.3 is 5.97 Å². The molecule has 0 aliphatic heterocycles. The Labute approximate surface area is 56.0 Å². The van der Waals surface area contributed by atoms with Crippen LogP contribution in [0, 0.1) is 0 Å². The van der Waals surface area contributed by atoms with Crippen molar-refractivity contribution in [1.82, 2.24) is 0 Å². The molecule has 0 unspecified atom stereocenters. The summed E-state index contributed by atoms with van der Waals surface area (Å²) in [6.07, 6.45) is -0.894. The van der Waals surface area contributed by atoms with Gasteiger partial charge in [-0.2, -0.15) is 0 Å². The van der Waals surface area contributed by atoms with Crippen LogP contribution in [0.25, 0.3) is 0 Å². The molecule has 0 aliphatic carbocycles. The molecule has 0 saturated heterocycles. The highest BCUT2D eigenvalue weighted by Gasteiger charge is 2.13. The maximum atomic E-state index is 10.3. The molecule has 5 nitrogen and oxygen atoms in total. The van der Waals surface area contributed by atoms with Gasteiger partial charge in [0.1, 0.15) is 8.84 Å². The molecule has 0 saturated carbocycles. The summed E-state index contributed by atoms with van der Waals surface area (Å²) in [5, 5.41) is 8.37. The Morgan fingerprint density at radius 1 is 1.89 bits per heavy atom. The number of aliphatic carboxylic acids is 1. The lowest BCUT2D eigenvalue weighted by molar-refractivity contribution is -0.140. The van der Waals surface area contributed by atoms with E-state index in [0.717, 1.165) is 0 Å². The zero-order valence-corrected chi connectivity index (χ0v) is 4.50. The molecule has 0 aromatic rings. The minimum atomic E-state index is -2.62. The average Bonchev–Trinajstić information content (AvgIpc) is 1.84. The van der Waals surface area contributed by atoms with E-state index in [1.807, 2.05) is 0 Å². The van der Waals surface area contributed by atoms with Crippen molar-refractivity contribution in [2.45, 2.75) is 12.4 Å². The Hall–Kier alpha value is -1.10. The normalized spacial score (nSPS) is 21.2. The van der Waals surface area contributed by atoms with E-state index in [-0.39, 0.29) is 5.72 Å². The van der Waals surface area contributed by atoms with Crippen LogP contribution in [0.1, 0.15) is 7.79 Å². The average molecular weight is 135 g/mol. The second kappa shape index (κ2) is 3.03. The third kappa shape index (κ3) is 3.48. The van der Waals surface area contributed by atoms with Crippen molar-refractivity contribution >= 4 is 11.9 Å². The summed E-state index contributed by atoms with van der Waals surface area (Å²) in [6, 6.07) is -2.62. The van der Waals surface area contributed by atoms with Gasteiger partial charge in [0.05, 0.1) is 7.79 Å². The molecule has 1 amide bonds. The molecule has 0 heterocycles. The highest BCUT2D eigenvalue weighted by atomic mass is 16.4. The van der Waals surface area contributed by atoms with E-state index in [2.05, 4.69) is 5.73 Å². The van der Waals surface area contributed by atoms with Crippen molar-refractivity contribution in [3.63, 3.8) is 0 Å². The van der Waals surface area contributed by atoms with Gasteiger partial charge in [-0.3, -0.25) is 9.59 Å². The summed E-state index contributed by atoms with van der Waals surface area (Å²) in [4.78, 5) is 20.6. The van der Waals surface area contributed by atoms with Gasteiger partial charge in [0.2, 0.25) is 5.91 Å². The minimum Gasteiger partial charge on any atom is -0.480 e. The van der Waals surface area contributed by atoms with Crippen molar-refractivity contribution in [3.05, 3.63) is 0 Å². The molecule has 52 valence electrons. The van der Waals surface area contributed by atoms with Crippen LogP contribution in [0.2, 0.25) is 2.82 Å². The number of nitrogens with two attached hydrogens (primary N) is 2. The third-order valence-electron chi connectivity index (χ3n) is 0.589. The van der Waals surface area contributed by atoms with E-state index in [9.17, 15) is 9.59 Å². The number of hydrogen-bond acceptors (Lipinski definition) is 3. The first kappa shape index (κ1) is 3.84. The summed E-state index contributed by atoms with van der Waals surface area (Å²) in [5.41, 5.74) is 4.26. The van der Waals surface area contributed by atoms with Gasteiger partial charge in [-0.25, -0.2) is 0 Å². The lowest BCUT2D eigenvalue weighted by Crippen LogP contribution is -2.34. The van der Waals surface area contributed by atoms with Crippen molar-refractivity contribution in [1.29, 1.82) is 0 Å². The molecule has 5 heteroatoms. The summed E-state index contributed by atoms with van der Waals surface area (Å²) < 4.78 is 20.2. The molecule has 1 atom stereocenters. The van der Waals surface area contributed by atoms with Crippen LogP contribution < -0.4 is 11.5 Å². The Kier molecular flexibility index (Phi) is 1.29. The van der Waals surface area contributed by atoms with E-state index in [1.54, 1.807) is 0 Å². The number of carbonyl (C=O) groups is 2. The maximum absolute atomic E-state index is 10.3. The van der Waals surface area contributed by atoms with E-state index in [1.165, 1.54) is 0 Å². The predicted octanol–water partition coefficient (Wildman–Crippen LogP) is -1.73. The van der Waals surface area contributed by atoms with Gasteiger partial charge in [-0.1, -0.05) is 0 Å². The third-order valence-corrected chi connectivity index (χ3v) is 0.589. The van der Waals surface area contributed by atoms with Gasteiger partial charge < -0.3 is 16.6 Å². The zero-order valence-electron chi connectivity index (χ0n) is 7.50. The van der Waals surface area contributed by atoms with Gasteiger partial charge in [-0.15, -0.1) is 0 Å². The second-order valence-electron chi connectivity index (χ2n) is 1.39. The summed E-state index contributed by atoms with van der Waals surface area (Å²) in [6.45, 7) is 0. The molecule has 5 N–H and O–H groups in total. The van der Waals surface area contributed by atoms with Gasteiger partial charge in [0, 0.05) is 0 Å². The number of carboxylic acids is 1. The van der Waals surface area contributed by atoms with E-state index in [0.29, 0.717) is 0 Å². The van der Waals surface area contributed by atoms with Crippen molar-refractivity contribution in [2.24, 2.45) is 11.5 Å². The van der Waals surface area contributed by atoms with E-state index < -0.39 is 24.3 Å². The summed E-state index contributed by atoms with van der Waals surface area (Å²) in [5.74, 6) is -2.80. The molecule has 0 rings (SSSR count). The lowest BCUT2D eigenvalue weighted by atomic mass is 10.2. The number of hydrogen-bond donors (Lipinski definition) is 3. The van der Waals surface area contributed by atoms with Gasteiger partial charge in [0.15, 0.2) is 0 Å². The van der Waals surface area contributed by atoms with Crippen LogP contribution >= 0.6 is 0 Å². The number of carboxylic acid groups (broad SMARTS) is 1. The van der Waals surface area contributed by atoms with Crippen LogP contribution in [0.15, 0.2) is 0 Å². The fourth-order valence-electron chi connectivity index (χ4n) is 0.241. The van der Waals surface area contributed by atoms with Crippen LogP contribution in [-0.4, -0.2) is 23.0 Å². The Morgan fingerprint density at radius 2 is 2.44 bits per heavy atom. The lowest BCUT2D eigenvalue weighted by Gasteiger charge is -1.99. The quantitative estimate of drug-likeness (QED) is 0.426. The summed E-state index contributed by atoms with van der Waals surface area (Å²) >= 11 is 0. The second-order valence-corrected chi connectivity index (χ2v) is 1.39. The highest BCUT2D eigenvalue weighted by molar-refractivity contribution is 5.82. The SMILES string of the molecule is [2H]N([2H])[C@@]([2H])(CC(N)=O)C(=O)O. The number of rotatable bonds is 4. The van der Waals surface area contributed by atoms with Crippen LogP contribution in [0.5, 0.6) is 0 Å². The van der Waals surface area contributed by atoms with Crippen LogP contribution in [0.3, 0.4) is 0 Å². The fourth-order valence-corrected chi connectivity index (χ4v) is 0.241. The Bertz CT molecular complexity index is 210. The maximum Gasteiger partial charge on any atom is 0.321 e. The van der Waals surface area contributed by atoms with Crippen LogP contribution in [-0.2, 0) is 9.59 Å². The van der Waals surface area contributed by atoms with Crippen molar-refractivity contribution in [2.75, 3.05) is 0 Å². The monoisotopic (exact) mass is 135 g/mol. The standard InChI is InChI=1S/C4H8N2O3/c5-2(4(8)9)1-3(6)7/h2H,1,5H2,(H2,6,7)(H,8,9)/t2-/m0/s1/i2D/hD2. The molecular weight excluding hydrogens is 124 g/mol. The molecule has 0 radical (unpaired) electrons. The Morgan fingerprint density at radius 3 is 2.56 bits per heavy atom. The van der Waals surface area contributed by atoms with Gasteiger partial charge in [0.25, 0.3) is 0 Å². The zero-order chi connectivity index (χ0) is 9.94. The van der Waals surface area contributed by atoms with Gasteiger partial charge in [-0.05, 0) is 0 Å². The Balaban J connectivity index is 4.62. The molecule has 0 fully saturated rings. The summed E-state index contributed by atoms with van der Waals surface area (Å²) in [7, 11) is 0. The van der Waals surface area contributed by atoms with Crippen LogP contribution in [0.4, 0.5) is 0 Å². The first-order valence-corrected chi connectivity index (χ1v) is 2.10. The van der Waals surface area contributed by atoms with E-state index >= 15 is 0 Å². The number of amides is 1. The highest BCUT2D eigenvalue weighted by Crippen LogP contribution is 1.84. The molecular formula is C4H8N2O3. The molecule has 0 aromatic heterocycles. The smallest absolute Gasteiger partial charge is 0.321 e. The topological polar surface area (TPSA) is 106 Å².